The molecule has 0 aliphatic carbocycles. The van der Waals surface area contributed by atoms with Crippen molar-refractivity contribution in [3.05, 3.63) is 56.5 Å². The van der Waals surface area contributed by atoms with Crippen molar-refractivity contribution in [1.29, 1.82) is 0 Å². The van der Waals surface area contributed by atoms with E-state index in [1.54, 1.807) is 6.92 Å². The fourth-order valence-electron chi connectivity index (χ4n) is 1.44. The number of ether oxygens (including phenoxy) is 1. The molecule has 0 amide bonds. The van der Waals surface area contributed by atoms with Crippen LogP contribution in [0.1, 0.15) is 38.1 Å². The lowest BCUT2D eigenvalue weighted by Crippen LogP contribution is -2.09. The van der Waals surface area contributed by atoms with Gasteiger partial charge in [0.05, 0.1) is 27.8 Å². The molecule has 0 unspecified atom stereocenters. The Morgan fingerprint density at radius 1 is 0.962 bits per heavy atom. The molecule has 2 aromatic heterocycles. The first kappa shape index (κ1) is 21.6. The number of aromatic nitrogens is 2. The third-order valence-electron chi connectivity index (χ3n) is 2.60. The highest BCUT2D eigenvalue weighted by molar-refractivity contribution is 6.41. The Hall–Kier alpha value is -2.42. The summed E-state index contributed by atoms with van der Waals surface area (Å²) < 4.78 is 4.68. The van der Waals surface area contributed by atoms with E-state index in [-0.39, 0.29) is 38.6 Å². The summed E-state index contributed by atoms with van der Waals surface area (Å²) in [6, 6.07) is 2.41. The van der Waals surface area contributed by atoms with Gasteiger partial charge in [0.25, 0.3) is 0 Å². The van der Waals surface area contributed by atoms with Crippen LogP contribution < -0.4 is 0 Å². The van der Waals surface area contributed by atoms with Crippen molar-refractivity contribution in [3.8, 4) is 0 Å². The highest BCUT2D eigenvalue weighted by atomic mass is 35.5. The van der Waals surface area contributed by atoms with Gasteiger partial charge in [0.2, 0.25) is 0 Å². The summed E-state index contributed by atoms with van der Waals surface area (Å²) in [5, 5.41) is 17.3. The molecule has 2 N–H and O–H groups in total. The van der Waals surface area contributed by atoms with Crippen LogP contribution in [0, 0.1) is 0 Å². The van der Waals surface area contributed by atoms with E-state index in [1.807, 2.05) is 0 Å². The van der Waals surface area contributed by atoms with Gasteiger partial charge in [-0.25, -0.2) is 24.4 Å². The number of hydrogen-bond donors (Lipinski definition) is 2. The largest absolute Gasteiger partial charge is 0.478 e. The Bertz CT molecular complexity index is 844. The molecule has 0 aliphatic heterocycles. The van der Waals surface area contributed by atoms with E-state index in [2.05, 4.69) is 14.7 Å². The van der Waals surface area contributed by atoms with Crippen molar-refractivity contribution in [1.82, 2.24) is 9.97 Å². The Kier molecular flexibility index (Phi) is 8.24. The highest BCUT2D eigenvalue weighted by Crippen LogP contribution is 2.19. The molecule has 2 aromatic rings. The summed E-state index contributed by atoms with van der Waals surface area (Å²) in [4.78, 5) is 39.3. The van der Waals surface area contributed by atoms with Gasteiger partial charge in [0, 0.05) is 12.4 Å². The van der Waals surface area contributed by atoms with Crippen molar-refractivity contribution >= 4 is 52.7 Å². The van der Waals surface area contributed by atoms with Gasteiger partial charge >= 0.3 is 17.9 Å². The van der Waals surface area contributed by atoms with Gasteiger partial charge in [0.15, 0.2) is 5.69 Å². The monoisotopic (exact) mass is 420 g/mol. The third-order valence-corrected chi connectivity index (χ3v) is 3.57. The third kappa shape index (κ3) is 6.14. The number of carbonyl (C=O) groups excluding carboxylic acids is 1. The van der Waals surface area contributed by atoms with E-state index in [0.29, 0.717) is 0 Å². The summed E-state index contributed by atoms with van der Waals surface area (Å²) in [5.74, 6) is -2.89. The lowest BCUT2D eigenvalue weighted by molar-refractivity contribution is 0.0517. The SMILES string of the molecule is CCOC(=O)c1ncc(C(=O)O)cc1Cl.O=C(O)c1cnc(Cl)c(Cl)c1. The van der Waals surface area contributed by atoms with Gasteiger partial charge in [-0.05, 0) is 19.1 Å². The van der Waals surface area contributed by atoms with Crippen molar-refractivity contribution in [3.63, 3.8) is 0 Å². The first-order chi connectivity index (χ1) is 12.2. The van der Waals surface area contributed by atoms with Crippen LogP contribution in [0.2, 0.25) is 15.2 Å². The van der Waals surface area contributed by atoms with Crippen molar-refractivity contribution in [2.75, 3.05) is 6.61 Å². The predicted molar refractivity (Wildman–Crippen MR) is 93.4 cm³/mol. The molecule has 0 bridgehead atoms. The standard InChI is InChI=1S/C9H8ClNO4.C6H3Cl2NO2/c1-2-15-9(14)7-6(10)3-5(4-11-7)8(12)13;7-4-1-3(6(10)11)2-9-5(4)8/h3-4H,2H2,1H3,(H,12,13);1-2H,(H,10,11). The molecular formula is C15H11Cl3N2O6. The van der Waals surface area contributed by atoms with Crippen LogP contribution in [0.3, 0.4) is 0 Å². The number of pyridine rings is 2. The number of esters is 1. The molecule has 0 spiro atoms. The van der Waals surface area contributed by atoms with E-state index in [1.165, 1.54) is 6.07 Å². The van der Waals surface area contributed by atoms with Crippen LogP contribution in [0.25, 0.3) is 0 Å². The summed E-state index contributed by atoms with van der Waals surface area (Å²) in [5.41, 5.74) is -0.129. The second-order valence-electron chi connectivity index (χ2n) is 4.38. The zero-order chi connectivity index (χ0) is 19.9. The maximum atomic E-state index is 11.2. The van der Waals surface area contributed by atoms with Crippen LogP contribution in [0.15, 0.2) is 24.5 Å². The minimum Gasteiger partial charge on any atom is -0.478 e. The van der Waals surface area contributed by atoms with Crippen molar-refractivity contribution in [2.24, 2.45) is 0 Å². The first-order valence-corrected chi connectivity index (χ1v) is 7.91. The summed E-state index contributed by atoms with van der Waals surface area (Å²) in [6.45, 7) is 1.86. The molecule has 8 nitrogen and oxygen atoms in total. The number of carboxylic acid groups (broad SMARTS) is 2. The van der Waals surface area contributed by atoms with Crippen LogP contribution >= 0.6 is 34.8 Å². The molecule has 0 saturated heterocycles. The van der Waals surface area contributed by atoms with Gasteiger partial charge in [-0.1, -0.05) is 34.8 Å². The number of nitrogens with zero attached hydrogens (tertiary/aromatic N) is 2. The highest BCUT2D eigenvalue weighted by Gasteiger charge is 2.15. The van der Waals surface area contributed by atoms with E-state index >= 15 is 0 Å². The maximum absolute atomic E-state index is 11.2. The minimum atomic E-state index is -1.15. The van der Waals surface area contributed by atoms with Crippen LogP contribution in [-0.2, 0) is 4.74 Å². The quantitative estimate of drug-likeness (QED) is 0.565. The van der Waals surface area contributed by atoms with Crippen LogP contribution in [0.5, 0.6) is 0 Å². The zero-order valence-corrected chi connectivity index (χ0v) is 15.3. The molecule has 2 heterocycles. The molecule has 11 heteroatoms. The fraction of sp³-hybridized carbons (Fsp3) is 0.133. The Morgan fingerprint density at radius 2 is 1.46 bits per heavy atom. The topological polar surface area (TPSA) is 127 Å². The molecule has 138 valence electrons. The normalized spacial score (nSPS) is 9.69. The molecule has 2 rings (SSSR count). The molecule has 0 aliphatic rings. The number of hydrogen-bond acceptors (Lipinski definition) is 6. The fourth-order valence-corrected chi connectivity index (χ4v) is 1.96. The smallest absolute Gasteiger partial charge is 0.358 e. The Balaban J connectivity index is 0.000000273. The van der Waals surface area contributed by atoms with Crippen LogP contribution in [0.4, 0.5) is 0 Å². The summed E-state index contributed by atoms with van der Waals surface area (Å²) >= 11 is 16.6. The van der Waals surface area contributed by atoms with Crippen molar-refractivity contribution < 1.29 is 29.3 Å². The Labute approximate surface area is 162 Å². The predicted octanol–water partition coefficient (Wildman–Crippen LogP) is 3.70. The summed E-state index contributed by atoms with van der Waals surface area (Å²) in [6.07, 6.45) is 2.21. The molecule has 26 heavy (non-hydrogen) atoms. The number of rotatable bonds is 4. The number of aromatic carboxylic acids is 2. The van der Waals surface area contributed by atoms with Crippen LogP contribution in [-0.4, -0.2) is 44.7 Å². The van der Waals surface area contributed by atoms with E-state index < -0.39 is 17.9 Å². The average molecular weight is 422 g/mol. The summed E-state index contributed by atoms with van der Waals surface area (Å²) in [7, 11) is 0. The lowest BCUT2D eigenvalue weighted by Gasteiger charge is -2.03. The van der Waals surface area contributed by atoms with Crippen molar-refractivity contribution in [2.45, 2.75) is 6.92 Å². The molecule has 0 fully saturated rings. The van der Waals surface area contributed by atoms with Gasteiger partial charge in [-0.15, -0.1) is 0 Å². The van der Waals surface area contributed by atoms with E-state index in [9.17, 15) is 14.4 Å². The molecule has 0 aromatic carbocycles. The minimum absolute atomic E-state index is 0.0272. The number of carboxylic acids is 2. The second-order valence-corrected chi connectivity index (χ2v) is 5.55. The Morgan fingerprint density at radius 3 is 1.88 bits per heavy atom. The molecule has 0 atom stereocenters. The molecular weight excluding hydrogens is 411 g/mol. The van der Waals surface area contributed by atoms with Gasteiger partial charge < -0.3 is 14.9 Å². The second kappa shape index (κ2) is 9.91. The number of carbonyl (C=O) groups is 3. The van der Waals surface area contributed by atoms with Gasteiger partial charge in [-0.2, -0.15) is 0 Å². The van der Waals surface area contributed by atoms with Gasteiger partial charge in [-0.3, -0.25) is 0 Å². The lowest BCUT2D eigenvalue weighted by atomic mass is 10.2. The zero-order valence-electron chi connectivity index (χ0n) is 13.1. The van der Waals surface area contributed by atoms with E-state index in [0.717, 1.165) is 18.5 Å². The first-order valence-electron chi connectivity index (χ1n) is 6.77. The average Bonchev–Trinajstić information content (AvgIpc) is 2.57. The number of halogens is 3. The van der Waals surface area contributed by atoms with E-state index in [4.69, 9.17) is 45.0 Å². The molecule has 0 radical (unpaired) electrons. The maximum Gasteiger partial charge on any atom is 0.358 e. The van der Waals surface area contributed by atoms with Gasteiger partial charge in [0.1, 0.15) is 5.15 Å². The molecule has 0 saturated carbocycles.